The Morgan fingerprint density at radius 3 is 2.60 bits per heavy atom. The summed E-state index contributed by atoms with van der Waals surface area (Å²) in [6, 6.07) is 19.9. The Kier molecular flexibility index (Phi) is 5.04. The highest BCUT2D eigenvalue weighted by molar-refractivity contribution is 5.74. The molecule has 1 fully saturated rings. The van der Waals surface area contributed by atoms with Crippen molar-refractivity contribution in [3.8, 4) is 6.07 Å². The van der Waals surface area contributed by atoms with Gasteiger partial charge in [0.05, 0.1) is 11.6 Å². The number of nitrogens with one attached hydrogen (secondary N) is 1. The predicted octanol–water partition coefficient (Wildman–Crippen LogP) is 3.82. The first-order valence-corrected chi connectivity index (χ1v) is 8.66. The number of hydrogen-bond donors (Lipinski definition) is 1. The number of amides is 2. The van der Waals surface area contributed by atoms with E-state index in [1.807, 2.05) is 24.3 Å². The average Bonchev–Trinajstić information content (AvgIpc) is 2.61. The van der Waals surface area contributed by atoms with Crippen LogP contribution in [0.5, 0.6) is 0 Å². The summed E-state index contributed by atoms with van der Waals surface area (Å²) in [4.78, 5) is 14.1. The zero-order valence-corrected chi connectivity index (χ0v) is 14.5. The molecule has 0 heterocycles. The van der Waals surface area contributed by atoms with E-state index in [1.54, 1.807) is 18.0 Å². The second-order valence-corrected chi connectivity index (χ2v) is 6.83. The van der Waals surface area contributed by atoms with Crippen molar-refractivity contribution in [2.45, 2.75) is 31.2 Å². The van der Waals surface area contributed by atoms with Gasteiger partial charge >= 0.3 is 6.03 Å². The first-order chi connectivity index (χ1) is 12.1. The summed E-state index contributed by atoms with van der Waals surface area (Å²) in [5, 5.41) is 12.1. The fourth-order valence-electron chi connectivity index (χ4n) is 3.43. The third-order valence-electron chi connectivity index (χ3n) is 5.10. The van der Waals surface area contributed by atoms with Gasteiger partial charge in [-0.25, -0.2) is 4.79 Å². The largest absolute Gasteiger partial charge is 0.337 e. The maximum absolute atomic E-state index is 12.5. The van der Waals surface area contributed by atoms with E-state index >= 15 is 0 Å². The number of benzene rings is 2. The third-order valence-corrected chi connectivity index (χ3v) is 5.10. The lowest BCUT2D eigenvalue weighted by molar-refractivity contribution is 0.190. The molecule has 2 aromatic rings. The summed E-state index contributed by atoms with van der Waals surface area (Å²) in [6.07, 6.45) is 3.44. The van der Waals surface area contributed by atoms with Crippen LogP contribution in [0.4, 0.5) is 4.79 Å². The molecule has 0 spiro atoms. The van der Waals surface area contributed by atoms with Crippen molar-refractivity contribution in [2.75, 3.05) is 13.6 Å². The van der Waals surface area contributed by atoms with E-state index in [9.17, 15) is 4.79 Å². The van der Waals surface area contributed by atoms with E-state index in [1.165, 1.54) is 12.0 Å². The fraction of sp³-hybridized carbons (Fsp3) is 0.333. The number of urea groups is 1. The molecule has 0 radical (unpaired) electrons. The minimum absolute atomic E-state index is 0.0791. The van der Waals surface area contributed by atoms with Gasteiger partial charge in [0, 0.05) is 25.6 Å². The van der Waals surface area contributed by atoms with Crippen molar-refractivity contribution >= 4 is 6.03 Å². The topological polar surface area (TPSA) is 56.1 Å². The summed E-state index contributed by atoms with van der Waals surface area (Å²) < 4.78 is 0. The average molecular weight is 333 g/mol. The molecule has 0 aliphatic heterocycles. The maximum atomic E-state index is 12.5. The molecule has 1 saturated carbocycles. The van der Waals surface area contributed by atoms with Crippen molar-refractivity contribution in [3.63, 3.8) is 0 Å². The van der Waals surface area contributed by atoms with Crippen LogP contribution in [0.15, 0.2) is 54.6 Å². The zero-order valence-electron chi connectivity index (χ0n) is 14.5. The number of rotatable bonds is 5. The maximum Gasteiger partial charge on any atom is 0.317 e. The SMILES string of the molecule is CN(Cc1cccc(C#N)c1)C(=O)NCC1(c2ccccc2)CCC1. The molecular formula is C21H23N3O. The van der Waals surface area contributed by atoms with Crippen LogP contribution >= 0.6 is 0 Å². The second-order valence-electron chi connectivity index (χ2n) is 6.83. The van der Waals surface area contributed by atoms with Crippen molar-refractivity contribution in [2.24, 2.45) is 0 Å². The third kappa shape index (κ3) is 3.83. The molecule has 2 aromatic carbocycles. The second kappa shape index (κ2) is 7.40. The van der Waals surface area contributed by atoms with Crippen LogP contribution in [0.25, 0.3) is 0 Å². The van der Waals surface area contributed by atoms with Crippen molar-refractivity contribution in [3.05, 3.63) is 71.3 Å². The number of nitriles is 1. The Bertz CT molecular complexity index is 775. The quantitative estimate of drug-likeness (QED) is 0.904. The molecular weight excluding hydrogens is 310 g/mol. The van der Waals surface area contributed by atoms with Gasteiger partial charge < -0.3 is 10.2 Å². The number of carbonyl (C=O) groups is 1. The van der Waals surface area contributed by atoms with E-state index in [-0.39, 0.29) is 11.4 Å². The van der Waals surface area contributed by atoms with Gasteiger partial charge in [-0.3, -0.25) is 0 Å². The van der Waals surface area contributed by atoms with E-state index in [0.29, 0.717) is 18.7 Å². The Hall–Kier alpha value is -2.80. The van der Waals surface area contributed by atoms with Gasteiger partial charge in [-0.1, -0.05) is 48.9 Å². The zero-order chi connectivity index (χ0) is 17.7. The van der Waals surface area contributed by atoms with Crippen molar-refractivity contribution in [1.82, 2.24) is 10.2 Å². The van der Waals surface area contributed by atoms with Crippen molar-refractivity contribution < 1.29 is 4.79 Å². The molecule has 2 amide bonds. The number of carbonyl (C=O) groups excluding carboxylic acids is 1. The Morgan fingerprint density at radius 2 is 1.96 bits per heavy atom. The molecule has 1 aliphatic rings. The van der Waals surface area contributed by atoms with Crippen LogP contribution in [0.1, 0.15) is 36.0 Å². The van der Waals surface area contributed by atoms with E-state index in [2.05, 4.69) is 35.7 Å². The Labute approximate surface area is 149 Å². The van der Waals surface area contributed by atoms with Gasteiger partial charge in [0.25, 0.3) is 0 Å². The first-order valence-electron chi connectivity index (χ1n) is 8.66. The molecule has 0 aromatic heterocycles. The molecule has 0 saturated heterocycles. The summed E-state index contributed by atoms with van der Waals surface area (Å²) in [5.74, 6) is 0. The summed E-state index contributed by atoms with van der Waals surface area (Å²) in [6.45, 7) is 1.15. The molecule has 0 bridgehead atoms. The van der Waals surface area contributed by atoms with Crippen LogP contribution in [0, 0.1) is 11.3 Å². The molecule has 1 N–H and O–H groups in total. The Morgan fingerprint density at radius 1 is 1.20 bits per heavy atom. The highest BCUT2D eigenvalue weighted by Gasteiger charge is 2.38. The van der Waals surface area contributed by atoms with Crippen LogP contribution < -0.4 is 5.32 Å². The highest BCUT2D eigenvalue weighted by Crippen LogP contribution is 2.43. The lowest BCUT2D eigenvalue weighted by atomic mass is 9.64. The molecule has 1 aliphatic carbocycles. The van der Waals surface area contributed by atoms with Crippen LogP contribution in [0.3, 0.4) is 0 Å². The molecule has 3 rings (SSSR count). The van der Waals surface area contributed by atoms with E-state index < -0.39 is 0 Å². The van der Waals surface area contributed by atoms with Gasteiger partial charge in [-0.15, -0.1) is 0 Å². The van der Waals surface area contributed by atoms with Gasteiger partial charge in [-0.2, -0.15) is 5.26 Å². The molecule has 4 heteroatoms. The minimum Gasteiger partial charge on any atom is -0.337 e. The normalized spacial score (nSPS) is 14.9. The monoisotopic (exact) mass is 333 g/mol. The van der Waals surface area contributed by atoms with Crippen LogP contribution in [0.2, 0.25) is 0 Å². The Balaban J connectivity index is 1.59. The van der Waals surface area contributed by atoms with Crippen LogP contribution in [-0.2, 0) is 12.0 Å². The molecule has 4 nitrogen and oxygen atoms in total. The molecule has 128 valence electrons. The first kappa shape index (κ1) is 17.0. The molecule has 0 unspecified atom stereocenters. The van der Waals surface area contributed by atoms with Gasteiger partial charge in [-0.05, 0) is 36.1 Å². The summed E-state index contributed by atoms with van der Waals surface area (Å²) in [5.41, 5.74) is 2.96. The van der Waals surface area contributed by atoms with Gasteiger partial charge in [0.15, 0.2) is 0 Å². The van der Waals surface area contributed by atoms with Gasteiger partial charge in [0.2, 0.25) is 0 Å². The summed E-state index contributed by atoms with van der Waals surface area (Å²) in [7, 11) is 1.78. The highest BCUT2D eigenvalue weighted by atomic mass is 16.2. The predicted molar refractivity (Wildman–Crippen MR) is 98.0 cm³/mol. The summed E-state index contributed by atoms with van der Waals surface area (Å²) >= 11 is 0. The van der Waals surface area contributed by atoms with E-state index in [0.717, 1.165) is 18.4 Å². The fourth-order valence-corrected chi connectivity index (χ4v) is 3.43. The number of hydrogen-bond acceptors (Lipinski definition) is 2. The lowest BCUT2D eigenvalue weighted by Crippen LogP contribution is -2.48. The van der Waals surface area contributed by atoms with Crippen LogP contribution in [-0.4, -0.2) is 24.5 Å². The van der Waals surface area contributed by atoms with Crippen molar-refractivity contribution in [1.29, 1.82) is 5.26 Å². The standard InChI is InChI=1S/C21H23N3O/c1-24(15-18-8-5-7-17(13-18)14-22)20(25)23-16-21(11-6-12-21)19-9-3-2-4-10-19/h2-5,7-10,13H,6,11-12,15-16H2,1H3,(H,23,25). The van der Waals surface area contributed by atoms with E-state index in [4.69, 9.17) is 5.26 Å². The van der Waals surface area contributed by atoms with Gasteiger partial charge in [0.1, 0.15) is 0 Å². The molecule has 25 heavy (non-hydrogen) atoms. The smallest absolute Gasteiger partial charge is 0.317 e. The number of nitrogens with zero attached hydrogens (tertiary/aromatic N) is 2. The lowest BCUT2D eigenvalue weighted by Gasteiger charge is -2.43. The minimum atomic E-state index is -0.0791. The molecule has 0 atom stereocenters.